The molecule has 1 heterocycles. The Bertz CT molecular complexity index is 344. The summed E-state index contributed by atoms with van der Waals surface area (Å²) in [5, 5.41) is 8.62. The molecule has 56 valence electrons. The zero-order valence-corrected chi connectivity index (χ0v) is 6.43. The summed E-state index contributed by atoms with van der Waals surface area (Å²) in [6.45, 7) is 3.47. The fourth-order valence-corrected chi connectivity index (χ4v) is 1.02. The van der Waals surface area contributed by atoms with Crippen LogP contribution in [0.15, 0.2) is 10.9 Å². The third-order valence-corrected chi connectivity index (χ3v) is 1.54. The average Bonchev–Trinajstić information content (AvgIpc) is 1.85. The van der Waals surface area contributed by atoms with Crippen LogP contribution in [0.2, 0.25) is 0 Å². The number of aromatic amines is 1. The number of aromatic nitrogens is 1. The van der Waals surface area contributed by atoms with Crippen LogP contribution in [0.1, 0.15) is 16.8 Å². The largest absolute Gasteiger partial charge is 0.325 e. The molecule has 3 heteroatoms. The van der Waals surface area contributed by atoms with E-state index in [1.165, 1.54) is 6.07 Å². The molecule has 0 unspecified atom stereocenters. The van der Waals surface area contributed by atoms with Gasteiger partial charge in [0.2, 0.25) is 5.56 Å². The van der Waals surface area contributed by atoms with Gasteiger partial charge in [0.15, 0.2) is 0 Å². The molecule has 0 atom stereocenters. The van der Waals surface area contributed by atoms with Gasteiger partial charge in [-0.15, -0.1) is 0 Å². The second kappa shape index (κ2) is 2.59. The maximum absolute atomic E-state index is 10.8. The van der Waals surface area contributed by atoms with Crippen molar-refractivity contribution >= 4 is 0 Å². The third-order valence-electron chi connectivity index (χ3n) is 1.54. The average molecular weight is 148 g/mol. The van der Waals surface area contributed by atoms with Crippen LogP contribution < -0.4 is 5.56 Å². The molecule has 0 aliphatic carbocycles. The van der Waals surface area contributed by atoms with Crippen LogP contribution in [0.25, 0.3) is 0 Å². The van der Waals surface area contributed by atoms with Crippen molar-refractivity contribution in [3.05, 3.63) is 33.2 Å². The molecule has 0 saturated carbocycles. The van der Waals surface area contributed by atoms with E-state index in [9.17, 15) is 4.79 Å². The van der Waals surface area contributed by atoms with Gasteiger partial charge in [0.25, 0.3) is 0 Å². The molecule has 1 N–H and O–H groups in total. The second-order valence-corrected chi connectivity index (χ2v) is 2.43. The van der Waals surface area contributed by atoms with Gasteiger partial charge in [-0.1, -0.05) is 0 Å². The lowest BCUT2D eigenvalue weighted by atomic mass is 10.1. The van der Waals surface area contributed by atoms with E-state index in [-0.39, 0.29) is 5.56 Å². The number of H-pyrrole nitrogens is 1. The molecule has 1 aromatic rings. The first kappa shape index (κ1) is 7.55. The van der Waals surface area contributed by atoms with Gasteiger partial charge in [0.05, 0.1) is 5.56 Å². The van der Waals surface area contributed by atoms with Crippen molar-refractivity contribution in [3.8, 4) is 6.07 Å². The number of nitriles is 1. The van der Waals surface area contributed by atoms with E-state index in [1.54, 1.807) is 13.8 Å². The van der Waals surface area contributed by atoms with Crippen LogP contribution >= 0.6 is 0 Å². The lowest BCUT2D eigenvalue weighted by Gasteiger charge is -1.98. The minimum atomic E-state index is -0.154. The fourth-order valence-electron chi connectivity index (χ4n) is 1.02. The molecule has 11 heavy (non-hydrogen) atoms. The number of hydrogen-bond acceptors (Lipinski definition) is 2. The molecule has 1 rings (SSSR count). The van der Waals surface area contributed by atoms with E-state index in [4.69, 9.17) is 5.26 Å². The Hall–Kier alpha value is -1.56. The Morgan fingerprint density at radius 3 is 2.64 bits per heavy atom. The molecule has 0 saturated heterocycles. The summed E-state index contributed by atoms with van der Waals surface area (Å²) in [4.78, 5) is 13.4. The maximum atomic E-state index is 10.8. The summed E-state index contributed by atoms with van der Waals surface area (Å²) < 4.78 is 0. The summed E-state index contributed by atoms with van der Waals surface area (Å²) in [5.74, 6) is 0. The van der Waals surface area contributed by atoms with Crippen molar-refractivity contribution in [3.63, 3.8) is 0 Å². The number of hydrogen-bond donors (Lipinski definition) is 1. The van der Waals surface area contributed by atoms with Crippen molar-refractivity contribution in [2.75, 3.05) is 0 Å². The number of nitrogens with zero attached hydrogens (tertiary/aromatic N) is 1. The van der Waals surface area contributed by atoms with Crippen molar-refractivity contribution in [2.45, 2.75) is 13.8 Å². The minimum Gasteiger partial charge on any atom is -0.325 e. The Labute approximate surface area is 64.3 Å². The van der Waals surface area contributed by atoms with Gasteiger partial charge >= 0.3 is 0 Å². The Balaban J connectivity index is 3.52. The molecule has 0 aromatic carbocycles. The first-order valence-corrected chi connectivity index (χ1v) is 3.26. The molecule has 0 amide bonds. The number of rotatable bonds is 0. The first-order chi connectivity index (χ1) is 5.15. The third kappa shape index (κ3) is 1.30. The van der Waals surface area contributed by atoms with Crippen LogP contribution in [0, 0.1) is 25.2 Å². The lowest BCUT2D eigenvalue weighted by Crippen LogP contribution is -2.08. The summed E-state index contributed by atoms with van der Waals surface area (Å²) in [6, 6.07) is 3.44. The van der Waals surface area contributed by atoms with Crippen molar-refractivity contribution in [1.29, 1.82) is 5.26 Å². The monoisotopic (exact) mass is 148 g/mol. The maximum Gasteiger partial charge on any atom is 0.248 e. The highest BCUT2D eigenvalue weighted by Crippen LogP contribution is 2.05. The highest BCUT2D eigenvalue weighted by molar-refractivity contribution is 5.38. The van der Waals surface area contributed by atoms with Gasteiger partial charge in [-0.2, -0.15) is 5.26 Å². The van der Waals surface area contributed by atoms with Gasteiger partial charge in [0.1, 0.15) is 6.07 Å². The quantitative estimate of drug-likeness (QED) is 0.593. The van der Waals surface area contributed by atoms with Crippen LogP contribution in [0.3, 0.4) is 0 Å². The predicted molar refractivity (Wildman–Crippen MR) is 41.3 cm³/mol. The number of nitrogens with one attached hydrogen (secondary N) is 1. The molecular weight excluding hydrogens is 140 g/mol. The van der Waals surface area contributed by atoms with Crippen LogP contribution in [0.4, 0.5) is 0 Å². The molecular formula is C8H8N2O. The second-order valence-electron chi connectivity index (χ2n) is 2.43. The van der Waals surface area contributed by atoms with E-state index in [0.717, 1.165) is 5.56 Å². The zero-order valence-electron chi connectivity index (χ0n) is 6.43. The number of aryl methyl sites for hydroxylation is 2. The normalized spacial score (nSPS) is 9.18. The van der Waals surface area contributed by atoms with Crippen molar-refractivity contribution in [1.82, 2.24) is 4.98 Å². The summed E-state index contributed by atoms with van der Waals surface area (Å²) in [7, 11) is 0. The molecule has 0 fully saturated rings. The number of pyridine rings is 1. The molecule has 0 aliphatic rings. The van der Waals surface area contributed by atoms with E-state index < -0.39 is 0 Å². The van der Waals surface area contributed by atoms with Gasteiger partial charge in [-0.25, -0.2) is 0 Å². The zero-order chi connectivity index (χ0) is 8.43. The molecule has 0 aliphatic heterocycles. The van der Waals surface area contributed by atoms with Crippen LogP contribution in [0.5, 0.6) is 0 Å². The molecule has 0 spiro atoms. The van der Waals surface area contributed by atoms with Crippen LogP contribution in [-0.4, -0.2) is 4.98 Å². The van der Waals surface area contributed by atoms with Crippen LogP contribution in [-0.2, 0) is 0 Å². The standard InChI is InChI=1S/C8H8N2O/c1-5-3-8(11)10-6(2)7(5)4-9/h3H,1-2H3,(H,10,11). The van der Waals surface area contributed by atoms with Gasteiger partial charge in [-0.3, -0.25) is 4.79 Å². The molecule has 1 aromatic heterocycles. The topological polar surface area (TPSA) is 56.6 Å². The Morgan fingerprint density at radius 2 is 2.18 bits per heavy atom. The first-order valence-electron chi connectivity index (χ1n) is 3.26. The van der Waals surface area contributed by atoms with Gasteiger partial charge < -0.3 is 4.98 Å². The molecule has 0 bridgehead atoms. The Morgan fingerprint density at radius 1 is 1.55 bits per heavy atom. The summed E-state index contributed by atoms with van der Waals surface area (Å²) in [5.41, 5.74) is 1.77. The smallest absolute Gasteiger partial charge is 0.248 e. The van der Waals surface area contributed by atoms with E-state index in [1.807, 2.05) is 6.07 Å². The van der Waals surface area contributed by atoms with Crippen molar-refractivity contribution in [2.24, 2.45) is 0 Å². The highest BCUT2D eigenvalue weighted by Gasteiger charge is 2.01. The van der Waals surface area contributed by atoms with E-state index in [0.29, 0.717) is 11.3 Å². The van der Waals surface area contributed by atoms with Gasteiger partial charge in [-0.05, 0) is 19.4 Å². The lowest BCUT2D eigenvalue weighted by molar-refractivity contribution is 1.10. The van der Waals surface area contributed by atoms with E-state index >= 15 is 0 Å². The summed E-state index contributed by atoms with van der Waals surface area (Å²) in [6.07, 6.45) is 0. The molecule has 3 nitrogen and oxygen atoms in total. The van der Waals surface area contributed by atoms with E-state index in [2.05, 4.69) is 4.98 Å². The fraction of sp³-hybridized carbons (Fsp3) is 0.250. The van der Waals surface area contributed by atoms with Crippen molar-refractivity contribution < 1.29 is 0 Å². The highest BCUT2D eigenvalue weighted by atomic mass is 16.1. The van der Waals surface area contributed by atoms with Gasteiger partial charge in [0, 0.05) is 11.8 Å². The molecule has 0 radical (unpaired) electrons. The SMILES string of the molecule is Cc1cc(=O)[nH]c(C)c1C#N. The predicted octanol–water partition coefficient (Wildman–Crippen LogP) is 0.863. The minimum absolute atomic E-state index is 0.154. The summed E-state index contributed by atoms with van der Waals surface area (Å²) >= 11 is 0. The Kier molecular flexibility index (Phi) is 1.77.